The maximum atomic E-state index is 5.34. The molecule has 3 heteroatoms. The minimum atomic E-state index is 0.938. The summed E-state index contributed by atoms with van der Waals surface area (Å²) in [5, 5.41) is 5.01. The van der Waals surface area contributed by atoms with Crippen LogP contribution < -0.4 is 0 Å². The van der Waals surface area contributed by atoms with Gasteiger partial charge in [-0.2, -0.15) is 0 Å². The second kappa shape index (κ2) is 11.5. The van der Waals surface area contributed by atoms with Gasteiger partial charge in [0.1, 0.15) is 0 Å². The third-order valence-electron chi connectivity index (χ3n) is 9.91. The van der Waals surface area contributed by atoms with Gasteiger partial charge >= 0.3 is 0 Å². The molecule has 0 N–H and O–H groups in total. The second-order valence-corrected chi connectivity index (χ2v) is 12.8. The van der Waals surface area contributed by atoms with Crippen LogP contribution in [0, 0.1) is 0 Å². The fourth-order valence-corrected chi connectivity index (χ4v) is 7.74. The fourth-order valence-electron chi connectivity index (χ4n) is 7.74. The molecular formula is C47H31N3. The highest BCUT2D eigenvalue weighted by atomic mass is 15.0. The van der Waals surface area contributed by atoms with Crippen molar-refractivity contribution in [3.8, 4) is 45.0 Å². The van der Waals surface area contributed by atoms with Crippen LogP contribution in [0.25, 0.3) is 88.6 Å². The van der Waals surface area contributed by atoms with E-state index in [0.29, 0.717) is 0 Å². The van der Waals surface area contributed by atoms with Gasteiger partial charge in [-0.25, -0.2) is 4.98 Å². The van der Waals surface area contributed by atoms with E-state index in [-0.39, 0.29) is 0 Å². The molecule has 0 aliphatic rings. The minimum absolute atomic E-state index is 0.938. The third kappa shape index (κ3) is 4.41. The summed E-state index contributed by atoms with van der Waals surface area (Å²) >= 11 is 0. The number of aromatic nitrogens is 3. The number of para-hydroxylation sites is 4. The van der Waals surface area contributed by atoms with E-state index < -0.39 is 0 Å². The molecule has 0 atom stereocenters. The van der Waals surface area contributed by atoms with Gasteiger partial charge < -0.3 is 9.13 Å². The van der Waals surface area contributed by atoms with Crippen molar-refractivity contribution in [3.05, 3.63) is 188 Å². The first-order valence-electron chi connectivity index (χ1n) is 17.1. The van der Waals surface area contributed by atoms with Crippen molar-refractivity contribution in [2.45, 2.75) is 0 Å². The number of hydrogen-bond donors (Lipinski definition) is 0. The molecule has 0 saturated heterocycles. The van der Waals surface area contributed by atoms with E-state index in [2.05, 4.69) is 197 Å². The summed E-state index contributed by atoms with van der Waals surface area (Å²) in [6, 6.07) is 67.1. The Morgan fingerprint density at radius 2 is 0.840 bits per heavy atom. The maximum Gasteiger partial charge on any atom is 0.0736 e. The summed E-state index contributed by atoms with van der Waals surface area (Å²) in [5.74, 6) is 0. The largest absolute Gasteiger partial charge is 0.309 e. The van der Waals surface area contributed by atoms with Crippen molar-refractivity contribution < 1.29 is 0 Å². The lowest BCUT2D eigenvalue weighted by atomic mass is 9.99. The number of hydrogen-bond acceptors (Lipinski definition) is 1. The van der Waals surface area contributed by atoms with Gasteiger partial charge in [0.15, 0.2) is 0 Å². The molecule has 0 amide bonds. The first-order valence-corrected chi connectivity index (χ1v) is 17.1. The zero-order valence-electron chi connectivity index (χ0n) is 27.2. The Morgan fingerprint density at radius 3 is 1.52 bits per heavy atom. The number of benzene rings is 7. The standard InChI is InChI=1S/C47H31N3/c1-4-16-32(17-5-1)34-30-39(33-18-6-2-7-19-33)48-40(31-34)36-22-10-13-25-41(36)50-43-27-15-12-24-38(43)47-45(50)29-28-44-46(47)37-23-11-14-26-42(37)49(44)35-20-8-3-9-21-35/h1-31H. The fraction of sp³-hybridized carbons (Fsp3) is 0. The zero-order valence-corrected chi connectivity index (χ0v) is 27.2. The molecule has 0 aliphatic carbocycles. The molecule has 7 aromatic carbocycles. The maximum absolute atomic E-state index is 5.34. The van der Waals surface area contributed by atoms with Gasteiger partial charge in [0.05, 0.1) is 39.1 Å². The molecule has 10 aromatic rings. The number of rotatable bonds is 5. The summed E-state index contributed by atoms with van der Waals surface area (Å²) in [6.07, 6.45) is 0. The van der Waals surface area contributed by atoms with Gasteiger partial charge in [-0.1, -0.05) is 133 Å². The summed E-state index contributed by atoms with van der Waals surface area (Å²) < 4.78 is 4.83. The van der Waals surface area contributed by atoms with Crippen LogP contribution in [0.4, 0.5) is 0 Å². The van der Waals surface area contributed by atoms with Gasteiger partial charge in [0.25, 0.3) is 0 Å². The van der Waals surface area contributed by atoms with Gasteiger partial charge in [-0.15, -0.1) is 0 Å². The topological polar surface area (TPSA) is 22.8 Å². The molecule has 50 heavy (non-hydrogen) atoms. The van der Waals surface area contributed by atoms with Crippen LogP contribution in [0.1, 0.15) is 0 Å². The van der Waals surface area contributed by atoms with Crippen LogP contribution in [0.2, 0.25) is 0 Å². The Morgan fingerprint density at radius 1 is 0.340 bits per heavy atom. The molecule has 0 radical (unpaired) electrons. The van der Waals surface area contributed by atoms with Gasteiger partial charge in [-0.3, -0.25) is 0 Å². The third-order valence-corrected chi connectivity index (χ3v) is 9.91. The molecule has 0 bridgehead atoms. The van der Waals surface area contributed by atoms with Crippen molar-refractivity contribution in [1.82, 2.24) is 14.1 Å². The lowest BCUT2D eigenvalue weighted by molar-refractivity contribution is 1.17. The monoisotopic (exact) mass is 637 g/mol. The van der Waals surface area contributed by atoms with E-state index in [0.717, 1.165) is 39.5 Å². The van der Waals surface area contributed by atoms with Crippen molar-refractivity contribution >= 4 is 43.6 Å². The molecule has 3 nitrogen and oxygen atoms in total. The van der Waals surface area contributed by atoms with Gasteiger partial charge in [0, 0.05) is 38.4 Å². The van der Waals surface area contributed by atoms with Crippen LogP contribution in [0.5, 0.6) is 0 Å². The first-order chi connectivity index (χ1) is 24.8. The first kappa shape index (κ1) is 28.3. The predicted molar refractivity (Wildman–Crippen MR) is 209 cm³/mol. The highest BCUT2D eigenvalue weighted by Gasteiger charge is 2.22. The van der Waals surface area contributed by atoms with Crippen molar-refractivity contribution in [2.75, 3.05) is 0 Å². The lowest BCUT2D eigenvalue weighted by Gasteiger charge is -2.16. The molecule has 0 saturated carbocycles. The van der Waals surface area contributed by atoms with E-state index >= 15 is 0 Å². The SMILES string of the molecule is c1ccc(-c2cc(-c3ccccc3)nc(-c3ccccc3-n3c4ccccc4c4c5c6ccccc6n(-c6ccccc6)c5ccc43)c2)cc1. The Balaban J connectivity index is 1.28. The average molecular weight is 638 g/mol. The van der Waals surface area contributed by atoms with E-state index in [4.69, 9.17) is 4.98 Å². The van der Waals surface area contributed by atoms with Crippen LogP contribution >= 0.6 is 0 Å². The van der Waals surface area contributed by atoms with Crippen LogP contribution in [0.3, 0.4) is 0 Å². The Bertz CT molecular complexity index is 2790. The quantitative estimate of drug-likeness (QED) is 0.184. The number of fused-ring (bicyclic) bond motifs is 7. The summed E-state index contributed by atoms with van der Waals surface area (Å²) in [7, 11) is 0. The van der Waals surface area contributed by atoms with Gasteiger partial charge in [-0.05, 0) is 65.7 Å². The van der Waals surface area contributed by atoms with Crippen molar-refractivity contribution in [3.63, 3.8) is 0 Å². The molecule has 0 spiro atoms. The number of nitrogens with zero attached hydrogens (tertiary/aromatic N) is 3. The minimum Gasteiger partial charge on any atom is -0.309 e. The summed E-state index contributed by atoms with van der Waals surface area (Å²) in [6.45, 7) is 0. The molecule has 3 heterocycles. The molecular weight excluding hydrogens is 607 g/mol. The molecule has 10 rings (SSSR count). The van der Waals surface area contributed by atoms with E-state index in [1.165, 1.54) is 49.2 Å². The van der Waals surface area contributed by atoms with Crippen LogP contribution in [-0.4, -0.2) is 14.1 Å². The molecule has 0 aliphatic heterocycles. The van der Waals surface area contributed by atoms with Crippen LogP contribution in [0.15, 0.2) is 188 Å². The van der Waals surface area contributed by atoms with Gasteiger partial charge in [0.2, 0.25) is 0 Å². The Hall–Kier alpha value is -6.71. The van der Waals surface area contributed by atoms with E-state index in [1.807, 2.05) is 0 Å². The Labute approximate surface area is 290 Å². The van der Waals surface area contributed by atoms with E-state index in [1.54, 1.807) is 0 Å². The molecule has 234 valence electrons. The highest BCUT2D eigenvalue weighted by molar-refractivity contribution is 6.29. The summed E-state index contributed by atoms with van der Waals surface area (Å²) in [4.78, 5) is 5.34. The zero-order chi connectivity index (χ0) is 33.0. The van der Waals surface area contributed by atoms with E-state index in [9.17, 15) is 0 Å². The number of pyridine rings is 1. The normalized spacial score (nSPS) is 11.6. The van der Waals surface area contributed by atoms with Crippen molar-refractivity contribution in [2.24, 2.45) is 0 Å². The van der Waals surface area contributed by atoms with Crippen LogP contribution in [-0.2, 0) is 0 Å². The average Bonchev–Trinajstić information content (AvgIpc) is 3.71. The molecule has 0 unspecified atom stereocenters. The summed E-state index contributed by atoms with van der Waals surface area (Å²) in [5.41, 5.74) is 13.4. The predicted octanol–water partition coefficient (Wildman–Crippen LogP) is 12.3. The Kier molecular flexibility index (Phi) is 6.49. The molecule has 0 fully saturated rings. The smallest absolute Gasteiger partial charge is 0.0736 e. The second-order valence-electron chi connectivity index (χ2n) is 12.8. The highest BCUT2D eigenvalue weighted by Crippen LogP contribution is 2.43. The van der Waals surface area contributed by atoms with Crippen molar-refractivity contribution in [1.29, 1.82) is 0 Å². The molecule has 3 aromatic heterocycles. The lowest BCUT2D eigenvalue weighted by Crippen LogP contribution is -1.99.